The van der Waals surface area contributed by atoms with Gasteiger partial charge in [-0.1, -0.05) is 35.9 Å². The predicted molar refractivity (Wildman–Crippen MR) is 142 cm³/mol. The molecule has 194 valence electrons. The van der Waals surface area contributed by atoms with Crippen LogP contribution in [0.3, 0.4) is 0 Å². The molecule has 3 heterocycles. The van der Waals surface area contributed by atoms with E-state index in [1.54, 1.807) is 34.9 Å². The van der Waals surface area contributed by atoms with Crippen molar-refractivity contribution in [1.82, 2.24) is 4.90 Å². The largest absolute Gasteiger partial charge is 0.465 e. The fourth-order valence-electron chi connectivity index (χ4n) is 6.28. The van der Waals surface area contributed by atoms with Crippen molar-refractivity contribution in [2.24, 2.45) is 11.8 Å². The van der Waals surface area contributed by atoms with Gasteiger partial charge in [-0.2, -0.15) is 0 Å². The van der Waals surface area contributed by atoms with Gasteiger partial charge in [0.1, 0.15) is 6.04 Å². The van der Waals surface area contributed by atoms with Crippen molar-refractivity contribution in [1.29, 1.82) is 0 Å². The summed E-state index contributed by atoms with van der Waals surface area (Å²) in [7, 11) is 0. The third kappa shape index (κ3) is 4.07. The summed E-state index contributed by atoms with van der Waals surface area (Å²) < 4.78 is 4.23. The van der Waals surface area contributed by atoms with Gasteiger partial charge in [0, 0.05) is 17.8 Å². The van der Waals surface area contributed by atoms with Gasteiger partial charge in [-0.25, -0.2) is 0 Å². The molecule has 9 heteroatoms. The van der Waals surface area contributed by atoms with Crippen molar-refractivity contribution in [3.63, 3.8) is 0 Å². The zero-order valence-corrected chi connectivity index (χ0v) is 22.3. The van der Waals surface area contributed by atoms with E-state index < -0.39 is 33.3 Å². The molecule has 1 aromatic rings. The molecule has 0 radical (unpaired) electrons. The van der Waals surface area contributed by atoms with Gasteiger partial charge in [0.2, 0.25) is 5.91 Å². The number of carbonyl (C=O) groups is 3. The Bertz CT molecular complexity index is 1080. The molecule has 2 unspecified atom stereocenters. The lowest BCUT2D eigenvalue weighted by molar-refractivity contribution is -0.155. The molecule has 0 aromatic heterocycles. The molecule has 3 aliphatic heterocycles. The Morgan fingerprint density at radius 2 is 2.08 bits per heavy atom. The fourth-order valence-corrected chi connectivity index (χ4v) is 8.94. The van der Waals surface area contributed by atoms with E-state index in [0.717, 1.165) is 5.56 Å². The number of halogens is 1. The minimum absolute atomic E-state index is 0.00638. The van der Waals surface area contributed by atoms with Gasteiger partial charge < -0.3 is 19.6 Å². The number of β-amino-alcohol motifs (C(OH)–C–C–N with tert-alkyl or cyclic N) is 1. The van der Waals surface area contributed by atoms with Gasteiger partial charge in [0.05, 0.1) is 40.5 Å². The molecule has 2 bridgehead atoms. The van der Waals surface area contributed by atoms with Crippen molar-refractivity contribution in [2.45, 2.75) is 48.6 Å². The standard InChI is InChI=1S/C27H33ClN2O5S/c1-5-7-16-35-25(34)20-19-23(32)30(14-15-31)22(27(19)12-11-26(20,4)36-27)24(33)29(13-6-2)21-17(3)9-8-10-18(21)28/h5-6,8-10,19-20,22,31H,1-2,7,11-16H2,3-4H3/t19-,20+,22?,26-,27?/m0/s1. The minimum atomic E-state index is -0.851. The van der Waals surface area contributed by atoms with Crippen LogP contribution < -0.4 is 4.90 Å². The number of aryl methyl sites for hydroxylation is 1. The van der Waals surface area contributed by atoms with Gasteiger partial charge in [-0.3, -0.25) is 14.4 Å². The van der Waals surface area contributed by atoms with Crippen LogP contribution in [0.1, 0.15) is 31.7 Å². The molecular formula is C27H33ClN2O5S. The number of fused-ring (bicyclic) bond motifs is 1. The lowest BCUT2D eigenvalue weighted by Gasteiger charge is -2.37. The Hall–Kier alpha value is -2.29. The van der Waals surface area contributed by atoms with Crippen molar-refractivity contribution >= 4 is 46.8 Å². The first-order chi connectivity index (χ1) is 17.2. The highest BCUT2D eigenvalue weighted by Gasteiger charge is 2.77. The molecule has 4 rings (SSSR count). The average molecular weight is 533 g/mol. The highest BCUT2D eigenvalue weighted by molar-refractivity contribution is 8.02. The number of ether oxygens (including phenoxy) is 1. The Balaban J connectivity index is 1.78. The predicted octanol–water partition coefficient (Wildman–Crippen LogP) is 3.76. The van der Waals surface area contributed by atoms with E-state index in [9.17, 15) is 19.5 Å². The number of hydrogen-bond acceptors (Lipinski definition) is 6. The summed E-state index contributed by atoms with van der Waals surface area (Å²) in [5.41, 5.74) is 1.40. The number of aliphatic hydroxyl groups excluding tert-OH is 1. The molecule has 36 heavy (non-hydrogen) atoms. The molecule has 1 aromatic carbocycles. The summed E-state index contributed by atoms with van der Waals surface area (Å²) in [5, 5.41) is 10.3. The SMILES string of the molecule is C=CCCOC(=O)[C@H]1[C@H]2C(=O)N(CCO)C(C(=O)N(CC=C)c3c(C)cccc3Cl)C23CC[C@]1(C)S3. The number of hydrogen-bond donors (Lipinski definition) is 1. The second kappa shape index (κ2) is 10.2. The molecule has 2 amide bonds. The van der Waals surface area contributed by atoms with E-state index in [4.69, 9.17) is 16.3 Å². The first kappa shape index (κ1) is 26.8. The number of amides is 2. The third-order valence-electron chi connectivity index (χ3n) is 7.71. The van der Waals surface area contributed by atoms with Crippen LogP contribution in [0.2, 0.25) is 5.02 Å². The number of aliphatic hydroxyl groups is 1. The summed E-state index contributed by atoms with van der Waals surface area (Å²) >= 11 is 8.12. The van der Waals surface area contributed by atoms with E-state index in [-0.39, 0.29) is 38.1 Å². The molecule has 3 fully saturated rings. The first-order valence-corrected chi connectivity index (χ1v) is 13.4. The molecule has 1 spiro atoms. The van der Waals surface area contributed by atoms with Gasteiger partial charge >= 0.3 is 5.97 Å². The molecule has 3 aliphatic rings. The minimum Gasteiger partial charge on any atom is -0.465 e. The van der Waals surface area contributed by atoms with E-state index >= 15 is 0 Å². The monoisotopic (exact) mass is 532 g/mol. The molecular weight excluding hydrogens is 500 g/mol. The highest BCUT2D eigenvalue weighted by Crippen LogP contribution is 2.71. The van der Waals surface area contributed by atoms with Crippen LogP contribution in [0.4, 0.5) is 5.69 Å². The summed E-state index contributed by atoms with van der Waals surface area (Å²) in [6, 6.07) is 4.58. The quantitative estimate of drug-likeness (QED) is 0.280. The normalized spacial score (nSPS) is 30.3. The molecule has 1 N–H and O–H groups in total. The second-order valence-corrected chi connectivity index (χ2v) is 12.2. The van der Waals surface area contributed by atoms with E-state index in [1.807, 2.05) is 26.0 Å². The lowest BCUT2D eigenvalue weighted by atomic mass is 9.66. The zero-order valence-electron chi connectivity index (χ0n) is 20.7. The number of esters is 1. The van der Waals surface area contributed by atoms with Crippen molar-refractivity contribution in [3.8, 4) is 0 Å². The molecule has 0 aliphatic carbocycles. The molecule has 7 nitrogen and oxygen atoms in total. The number of likely N-dealkylation sites (tertiary alicyclic amines) is 1. The average Bonchev–Trinajstić information content (AvgIpc) is 3.39. The number of anilines is 1. The zero-order chi connectivity index (χ0) is 26.3. The van der Waals surface area contributed by atoms with Crippen LogP contribution in [0.15, 0.2) is 43.5 Å². The number of para-hydroxylation sites is 1. The van der Waals surface area contributed by atoms with Crippen molar-refractivity contribution in [2.75, 3.05) is 31.2 Å². The van der Waals surface area contributed by atoms with E-state index in [0.29, 0.717) is 30.0 Å². The number of benzene rings is 1. The Labute approximate surface area is 221 Å². The maximum Gasteiger partial charge on any atom is 0.311 e. The topological polar surface area (TPSA) is 87.1 Å². The Kier molecular flexibility index (Phi) is 7.60. The number of carbonyl (C=O) groups excluding carboxylic acids is 3. The van der Waals surface area contributed by atoms with Gasteiger partial charge in [0.15, 0.2) is 0 Å². The Morgan fingerprint density at radius 3 is 2.72 bits per heavy atom. The lowest BCUT2D eigenvalue weighted by Crippen LogP contribution is -2.55. The highest BCUT2D eigenvalue weighted by atomic mass is 35.5. The fraction of sp³-hybridized carbons (Fsp3) is 0.519. The van der Waals surface area contributed by atoms with Crippen LogP contribution in [0.5, 0.6) is 0 Å². The summed E-state index contributed by atoms with van der Waals surface area (Å²) in [5.74, 6) is -2.33. The molecule has 0 saturated carbocycles. The summed E-state index contributed by atoms with van der Waals surface area (Å²) in [6.45, 7) is 11.5. The van der Waals surface area contributed by atoms with Crippen molar-refractivity contribution < 1.29 is 24.2 Å². The van der Waals surface area contributed by atoms with Gasteiger partial charge in [0.25, 0.3) is 5.91 Å². The van der Waals surface area contributed by atoms with Gasteiger partial charge in [-0.15, -0.1) is 24.9 Å². The third-order valence-corrected chi connectivity index (χ3v) is 10.00. The summed E-state index contributed by atoms with van der Waals surface area (Å²) in [6.07, 6.45) is 5.13. The maximum absolute atomic E-state index is 14.4. The summed E-state index contributed by atoms with van der Waals surface area (Å²) in [4.78, 5) is 44.6. The second-order valence-electron chi connectivity index (χ2n) is 9.87. The van der Waals surface area contributed by atoms with Crippen LogP contribution in [-0.2, 0) is 19.1 Å². The smallest absolute Gasteiger partial charge is 0.311 e. The van der Waals surface area contributed by atoms with Crippen LogP contribution >= 0.6 is 23.4 Å². The number of thioether (sulfide) groups is 1. The van der Waals surface area contributed by atoms with Crippen LogP contribution in [0.25, 0.3) is 0 Å². The molecule has 5 atom stereocenters. The Morgan fingerprint density at radius 1 is 1.33 bits per heavy atom. The van der Waals surface area contributed by atoms with E-state index in [2.05, 4.69) is 13.2 Å². The van der Waals surface area contributed by atoms with E-state index in [1.165, 1.54) is 4.90 Å². The first-order valence-electron chi connectivity index (χ1n) is 12.2. The van der Waals surface area contributed by atoms with Gasteiger partial charge in [-0.05, 0) is 44.7 Å². The maximum atomic E-state index is 14.4. The van der Waals surface area contributed by atoms with Crippen LogP contribution in [0, 0.1) is 18.8 Å². The molecule has 3 saturated heterocycles. The number of nitrogens with zero attached hydrogens (tertiary/aromatic N) is 2. The van der Waals surface area contributed by atoms with Crippen LogP contribution in [-0.4, -0.2) is 69.6 Å². The van der Waals surface area contributed by atoms with Crippen molar-refractivity contribution in [3.05, 3.63) is 54.1 Å². The number of rotatable bonds is 10.